The van der Waals surface area contributed by atoms with Gasteiger partial charge in [-0.3, -0.25) is 9.59 Å². The van der Waals surface area contributed by atoms with Gasteiger partial charge in [-0.2, -0.15) is 5.26 Å². The lowest BCUT2D eigenvalue weighted by molar-refractivity contribution is -0.393. The first-order valence-corrected chi connectivity index (χ1v) is 21.3. The summed E-state index contributed by atoms with van der Waals surface area (Å²) in [5, 5.41) is 17.3. The number of aromatic amines is 3. The Morgan fingerprint density at radius 2 is 1.37 bits per heavy atom. The van der Waals surface area contributed by atoms with Gasteiger partial charge in [-0.05, 0) is 89.1 Å². The van der Waals surface area contributed by atoms with E-state index in [4.69, 9.17) is 9.47 Å². The number of likely N-dealkylation sites (tertiary alicyclic amines) is 2. The van der Waals surface area contributed by atoms with Crippen molar-refractivity contribution in [3.05, 3.63) is 84.7 Å². The van der Waals surface area contributed by atoms with Crippen molar-refractivity contribution >= 4 is 34.8 Å². The maximum Gasteiger partial charge on any atom is 0.407 e. The Labute approximate surface area is 360 Å². The van der Waals surface area contributed by atoms with E-state index in [-0.39, 0.29) is 47.6 Å². The topological polar surface area (TPSA) is 200 Å². The minimum absolute atomic E-state index is 0.0977. The number of carbonyl (C=O) groups is 4. The molecule has 0 radical (unpaired) electrons. The number of hydrogen-bond donors (Lipinski definition) is 4. The molecule has 2 aliphatic heterocycles. The van der Waals surface area contributed by atoms with Gasteiger partial charge in [-0.1, -0.05) is 64.1 Å². The zero-order chi connectivity index (χ0) is 43.9. The van der Waals surface area contributed by atoms with Crippen LogP contribution in [0.4, 0.5) is 9.59 Å². The molecule has 322 valence electrons. The van der Waals surface area contributed by atoms with Crippen molar-refractivity contribution in [1.29, 1.82) is 5.26 Å². The first kappa shape index (κ1) is 42.0. The molecule has 5 N–H and O–H groups in total. The minimum Gasteiger partial charge on any atom is -0.453 e. The summed E-state index contributed by atoms with van der Waals surface area (Å²) in [6.45, 7) is 8.47. The summed E-state index contributed by atoms with van der Waals surface area (Å²) >= 11 is 0. The van der Waals surface area contributed by atoms with Gasteiger partial charge in [0, 0.05) is 24.2 Å². The summed E-state index contributed by atoms with van der Waals surface area (Å²) in [6, 6.07) is 21.2. The molecule has 0 unspecified atom stereocenters. The maximum absolute atomic E-state index is 13.9. The molecule has 1 aliphatic carbocycles. The number of benzene rings is 3. The Morgan fingerprint density at radius 3 is 1.97 bits per heavy atom. The highest BCUT2D eigenvalue weighted by Gasteiger charge is 2.56. The van der Waals surface area contributed by atoms with E-state index in [0.717, 1.165) is 69.5 Å². The number of aromatic nitrogens is 4. The molecule has 2 saturated heterocycles. The van der Waals surface area contributed by atoms with Crippen LogP contribution in [0, 0.1) is 34.5 Å². The molecule has 15 heteroatoms. The van der Waals surface area contributed by atoms with Gasteiger partial charge in [-0.25, -0.2) is 24.5 Å². The van der Waals surface area contributed by atoms with Crippen molar-refractivity contribution in [1.82, 2.24) is 35.4 Å². The minimum atomic E-state index is -0.808. The number of ether oxygens (including phenoxy) is 2. The van der Waals surface area contributed by atoms with E-state index in [0.29, 0.717) is 18.8 Å². The van der Waals surface area contributed by atoms with Crippen LogP contribution >= 0.6 is 0 Å². The van der Waals surface area contributed by atoms with E-state index in [1.807, 2.05) is 44.9 Å². The third kappa shape index (κ3) is 8.33. The molecule has 3 aliphatic rings. The number of amides is 4. The Hall–Kier alpha value is -6.69. The predicted octanol–water partition coefficient (Wildman–Crippen LogP) is 6.93. The molecule has 1 saturated carbocycles. The number of nitriles is 1. The number of hydrogen-bond acceptors (Lipinski definition) is 8. The van der Waals surface area contributed by atoms with Crippen molar-refractivity contribution in [3.8, 4) is 39.7 Å². The molecule has 3 aromatic carbocycles. The van der Waals surface area contributed by atoms with Gasteiger partial charge in [0.05, 0.1) is 44.1 Å². The zero-order valence-electron chi connectivity index (χ0n) is 36.0. The lowest BCUT2D eigenvalue weighted by Gasteiger charge is -2.29. The van der Waals surface area contributed by atoms with E-state index in [1.54, 1.807) is 11.1 Å². The summed E-state index contributed by atoms with van der Waals surface area (Å²) < 4.78 is 9.58. The molecule has 4 amide bonds. The molecular formula is C47H54N9O6+. The molecule has 2 aromatic heterocycles. The molecule has 15 nitrogen and oxygen atoms in total. The lowest BCUT2D eigenvalue weighted by atomic mass is 9.98. The third-order valence-corrected chi connectivity index (χ3v) is 12.9. The number of nitrogens with zero attached hydrogens (tertiary/aromatic N) is 4. The Kier molecular flexibility index (Phi) is 11.5. The SMILES string of the molecule is COC(=O)N[C@H](C(=O)N1C[C@@H](C#N)C[C@H]1c1ncc(-c2ccc3cc(-c4ccc(-c5c[nH+]c([C@@H]6CC7(CC7)CN6C(=O)[C@@H](NC(=O)OC)C(C)C)[nH]5)cc4)ccc3c2)[nH]1)C(C)C. The average molecular weight is 841 g/mol. The van der Waals surface area contributed by atoms with E-state index in [9.17, 15) is 24.4 Å². The van der Waals surface area contributed by atoms with Gasteiger partial charge in [0.1, 0.15) is 30.1 Å². The van der Waals surface area contributed by atoms with Crippen molar-refractivity contribution in [2.75, 3.05) is 27.3 Å². The van der Waals surface area contributed by atoms with Crippen LogP contribution in [0.1, 0.15) is 77.1 Å². The van der Waals surface area contributed by atoms with Crippen molar-refractivity contribution in [3.63, 3.8) is 0 Å². The Morgan fingerprint density at radius 1 is 0.790 bits per heavy atom. The normalized spacial score (nSPS) is 20.0. The molecule has 8 rings (SSSR count). The standard InChI is InChI=1S/C47H53N9O6/c1-26(2)39(53-45(59)61-5)43(57)55-24-28(21-48)17-37(55)41-49-23-36(52-41)34-14-13-32-18-31(11-12-33(32)19-34)29-7-9-30(10-8-29)35-22-50-42(51-35)38-20-47(15-16-47)25-56(38)44(58)40(27(3)4)54-46(60)62-6/h7-14,18-19,22-23,26-28,37-40H,15-17,20,24-25H2,1-6H3,(H,49,52)(H,50,51)(H,53,59)(H,54,60)/p+1/t28-,37+,38+,39+,40+/m1/s1. The van der Waals surface area contributed by atoms with Crippen LogP contribution in [0.15, 0.2) is 73.1 Å². The second-order valence-electron chi connectivity index (χ2n) is 17.7. The van der Waals surface area contributed by atoms with Gasteiger partial charge in [0.2, 0.25) is 11.8 Å². The van der Waals surface area contributed by atoms with E-state index >= 15 is 0 Å². The van der Waals surface area contributed by atoms with Crippen molar-refractivity contribution in [2.45, 2.75) is 77.5 Å². The van der Waals surface area contributed by atoms with Crippen LogP contribution in [0.25, 0.3) is 44.4 Å². The predicted molar refractivity (Wildman–Crippen MR) is 231 cm³/mol. The lowest BCUT2D eigenvalue weighted by Crippen LogP contribution is -2.51. The van der Waals surface area contributed by atoms with E-state index < -0.39 is 30.3 Å². The molecule has 4 heterocycles. The number of nitrogens with one attached hydrogen (secondary N) is 5. The second kappa shape index (κ2) is 17.0. The monoisotopic (exact) mass is 840 g/mol. The maximum atomic E-state index is 13.9. The summed E-state index contributed by atoms with van der Waals surface area (Å²) in [5.74, 6) is 0.423. The molecule has 3 fully saturated rings. The Balaban J connectivity index is 0.962. The van der Waals surface area contributed by atoms with Crippen LogP contribution in [0.2, 0.25) is 0 Å². The average Bonchev–Trinajstić information content (AvgIpc) is 3.78. The van der Waals surface area contributed by atoms with Crippen LogP contribution < -0.4 is 15.6 Å². The summed E-state index contributed by atoms with van der Waals surface area (Å²) in [4.78, 5) is 70.5. The first-order chi connectivity index (χ1) is 29.8. The number of fused-ring (bicyclic) bond motifs is 1. The van der Waals surface area contributed by atoms with Gasteiger partial charge >= 0.3 is 12.2 Å². The molecule has 1 spiro atoms. The van der Waals surface area contributed by atoms with Gasteiger partial charge in [0.15, 0.2) is 5.69 Å². The number of rotatable bonds is 11. The molecule has 62 heavy (non-hydrogen) atoms. The molecular weight excluding hydrogens is 787 g/mol. The smallest absolute Gasteiger partial charge is 0.407 e. The quantitative estimate of drug-likeness (QED) is 0.110. The van der Waals surface area contributed by atoms with E-state index in [1.165, 1.54) is 14.2 Å². The van der Waals surface area contributed by atoms with E-state index in [2.05, 4.69) is 91.2 Å². The van der Waals surface area contributed by atoms with Crippen molar-refractivity contribution in [2.24, 2.45) is 23.2 Å². The number of carbonyl (C=O) groups excluding carboxylic acids is 4. The molecule has 0 bridgehead atoms. The van der Waals surface area contributed by atoms with Crippen LogP contribution in [-0.4, -0.2) is 88.1 Å². The van der Waals surface area contributed by atoms with Crippen LogP contribution in [0.5, 0.6) is 0 Å². The zero-order valence-corrected chi connectivity index (χ0v) is 36.0. The fraction of sp³-hybridized carbons (Fsp3) is 0.426. The number of imidazole rings is 2. The van der Waals surface area contributed by atoms with Crippen LogP contribution in [-0.2, 0) is 19.1 Å². The first-order valence-electron chi connectivity index (χ1n) is 21.3. The highest BCUT2D eigenvalue weighted by Crippen LogP contribution is 2.58. The fourth-order valence-electron chi connectivity index (χ4n) is 9.06. The number of methoxy groups -OCH3 is 2. The van der Waals surface area contributed by atoms with Gasteiger partial charge in [-0.15, -0.1) is 0 Å². The van der Waals surface area contributed by atoms with Gasteiger partial charge < -0.3 is 34.9 Å². The third-order valence-electron chi connectivity index (χ3n) is 12.9. The highest BCUT2D eigenvalue weighted by atomic mass is 16.5. The molecule has 5 aromatic rings. The summed E-state index contributed by atoms with van der Waals surface area (Å²) in [5.41, 5.74) is 5.94. The van der Waals surface area contributed by atoms with Crippen molar-refractivity contribution < 1.29 is 33.6 Å². The Bertz CT molecular complexity index is 2530. The summed E-state index contributed by atoms with van der Waals surface area (Å²) in [7, 11) is 2.56. The second-order valence-corrected chi connectivity index (χ2v) is 17.7. The van der Waals surface area contributed by atoms with Crippen LogP contribution in [0.3, 0.4) is 0 Å². The van der Waals surface area contributed by atoms with Gasteiger partial charge in [0.25, 0.3) is 5.82 Å². The summed E-state index contributed by atoms with van der Waals surface area (Å²) in [6.07, 6.45) is 5.90. The molecule has 5 atom stereocenters. The number of H-pyrrole nitrogens is 3. The fourth-order valence-corrected chi connectivity index (χ4v) is 9.06. The number of alkyl carbamates (subject to hydrolysis) is 2. The largest absolute Gasteiger partial charge is 0.453 e. The highest BCUT2D eigenvalue weighted by molar-refractivity contribution is 5.91.